The van der Waals surface area contributed by atoms with Crippen LogP contribution in [-0.4, -0.2) is 17.0 Å². The van der Waals surface area contributed by atoms with Crippen molar-refractivity contribution in [3.05, 3.63) is 100.0 Å². The summed E-state index contributed by atoms with van der Waals surface area (Å²) in [5.74, 6) is 0.851. The van der Waals surface area contributed by atoms with Gasteiger partial charge in [-0.25, -0.2) is 4.57 Å². The first-order chi connectivity index (χ1) is 14.1. The molecule has 2 aromatic heterocycles. The number of benzene rings is 2. The molecule has 0 amide bonds. The van der Waals surface area contributed by atoms with Crippen molar-refractivity contribution in [3.8, 4) is 5.75 Å². The number of aromatic amines is 1. The van der Waals surface area contributed by atoms with Crippen LogP contribution < -0.4 is 9.30 Å². The monoisotopic (exact) mass is 388 g/mol. The number of H-pyrrole nitrogens is 1. The molecule has 6 heteroatoms. The zero-order valence-corrected chi connectivity index (χ0v) is 16.2. The topological polar surface area (TPSA) is 72.0 Å². The maximum atomic E-state index is 10.8. The molecule has 146 valence electrons. The van der Waals surface area contributed by atoms with Gasteiger partial charge in [0.05, 0.1) is 12.0 Å². The Bertz CT molecular complexity index is 1150. The SMILES string of the molecule is COc1ccc2[nH]cc(Cc3ccc[n+](CCc4ccc([N+](=O)[O-])cc4)c3)c2c1. The van der Waals surface area contributed by atoms with Gasteiger partial charge in [-0.2, -0.15) is 0 Å². The first kappa shape index (κ1) is 18.7. The molecular formula is C23H22N3O3+. The number of fused-ring (bicyclic) bond motifs is 1. The number of methoxy groups -OCH3 is 1. The fourth-order valence-electron chi connectivity index (χ4n) is 3.51. The Morgan fingerprint density at radius 1 is 1.10 bits per heavy atom. The number of nitrogens with zero attached hydrogens (tertiary/aromatic N) is 2. The van der Waals surface area contributed by atoms with Crippen molar-refractivity contribution >= 4 is 16.6 Å². The summed E-state index contributed by atoms with van der Waals surface area (Å²) in [4.78, 5) is 13.7. The van der Waals surface area contributed by atoms with Gasteiger partial charge in [0.1, 0.15) is 5.75 Å². The zero-order chi connectivity index (χ0) is 20.2. The maximum absolute atomic E-state index is 10.8. The molecule has 0 atom stereocenters. The smallest absolute Gasteiger partial charge is 0.269 e. The van der Waals surface area contributed by atoms with E-state index in [1.54, 1.807) is 19.2 Å². The maximum Gasteiger partial charge on any atom is 0.269 e. The number of nitro benzene ring substituents is 1. The molecule has 0 unspecified atom stereocenters. The number of non-ortho nitro benzene ring substituents is 1. The van der Waals surface area contributed by atoms with Crippen molar-refractivity contribution < 1.29 is 14.2 Å². The summed E-state index contributed by atoms with van der Waals surface area (Å²) >= 11 is 0. The second kappa shape index (κ2) is 8.14. The highest BCUT2D eigenvalue weighted by Crippen LogP contribution is 2.25. The lowest BCUT2D eigenvalue weighted by molar-refractivity contribution is -0.696. The minimum Gasteiger partial charge on any atom is -0.497 e. The Morgan fingerprint density at radius 3 is 2.69 bits per heavy atom. The molecule has 0 aliphatic carbocycles. The fraction of sp³-hybridized carbons (Fsp3) is 0.174. The molecule has 2 aromatic carbocycles. The van der Waals surface area contributed by atoms with E-state index in [1.807, 2.05) is 30.5 Å². The third kappa shape index (κ3) is 4.27. The van der Waals surface area contributed by atoms with Gasteiger partial charge in [0.2, 0.25) is 0 Å². The molecule has 4 aromatic rings. The van der Waals surface area contributed by atoms with Gasteiger partial charge in [-0.15, -0.1) is 0 Å². The van der Waals surface area contributed by atoms with Gasteiger partial charge in [0, 0.05) is 53.7 Å². The minimum absolute atomic E-state index is 0.124. The van der Waals surface area contributed by atoms with E-state index in [9.17, 15) is 10.1 Å². The number of aryl methyl sites for hydroxylation is 2. The predicted molar refractivity (Wildman–Crippen MR) is 111 cm³/mol. The summed E-state index contributed by atoms with van der Waals surface area (Å²) in [6.45, 7) is 0.813. The molecule has 0 saturated carbocycles. The van der Waals surface area contributed by atoms with E-state index in [2.05, 4.69) is 40.1 Å². The van der Waals surface area contributed by atoms with E-state index in [-0.39, 0.29) is 10.6 Å². The summed E-state index contributed by atoms with van der Waals surface area (Å²) < 4.78 is 7.51. The van der Waals surface area contributed by atoms with Crippen LogP contribution in [0.3, 0.4) is 0 Å². The number of hydrogen-bond acceptors (Lipinski definition) is 3. The van der Waals surface area contributed by atoms with Crippen LogP contribution in [0.1, 0.15) is 16.7 Å². The van der Waals surface area contributed by atoms with Crippen molar-refractivity contribution in [3.63, 3.8) is 0 Å². The number of ether oxygens (including phenoxy) is 1. The van der Waals surface area contributed by atoms with Crippen molar-refractivity contribution in [1.82, 2.24) is 4.98 Å². The molecule has 0 bridgehead atoms. The third-order valence-corrected chi connectivity index (χ3v) is 5.09. The van der Waals surface area contributed by atoms with Crippen LogP contribution in [0.2, 0.25) is 0 Å². The van der Waals surface area contributed by atoms with Gasteiger partial charge in [-0.05, 0) is 35.4 Å². The zero-order valence-electron chi connectivity index (χ0n) is 16.2. The quantitative estimate of drug-likeness (QED) is 0.293. The molecule has 0 saturated heterocycles. The normalized spacial score (nSPS) is 10.9. The van der Waals surface area contributed by atoms with Gasteiger partial charge in [0.25, 0.3) is 5.69 Å². The van der Waals surface area contributed by atoms with E-state index in [4.69, 9.17) is 4.74 Å². The molecule has 2 heterocycles. The van der Waals surface area contributed by atoms with Crippen LogP contribution in [0.5, 0.6) is 5.75 Å². The van der Waals surface area contributed by atoms with Gasteiger partial charge >= 0.3 is 0 Å². The summed E-state index contributed by atoms with van der Waals surface area (Å²) in [6, 6.07) is 17.0. The summed E-state index contributed by atoms with van der Waals surface area (Å²) in [5.41, 5.74) is 4.76. The molecule has 6 nitrogen and oxygen atoms in total. The van der Waals surface area contributed by atoms with Gasteiger partial charge in [0.15, 0.2) is 18.9 Å². The molecule has 0 aliphatic rings. The molecule has 29 heavy (non-hydrogen) atoms. The van der Waals surface area contributed by atoms with E-state index in [0.717, 1.165) is 36.2 Å². The second-order valence-electron chi connectivity index (χ2n) is 7.03. The highest BCUT2D eigenvalue weighted by molar-refractivity contribution is 5.84. The van der Waals surface area contributed by atoms with Crippen molar-refractivity contribution in [2.24, 2.45) is 0 Å². The molecule has 0 spiro atoms. The second-order valence-corrected chi connectivity index (χ2v) is 7.03. The van der Waals surface area contributed by atoms with Crippen LogP contribution in [0.25, 0.3) is 10.9 Å². The lowest BCUT2D eigenvalue weighted by atomic mass is 10.1. The number of aromatic nitrogens is 2. The minimum atomic E-state index is -0.373. The summed E-state index contributed by atoms with van der Waals surface area (Å²) in [7, 11) is 1.68. The first-order valence-corrected chi connectivity index (χ1v) is 9.48. The van der Waals surface area contributed by atoms with Crippen LogP contribution in [0.4, 0.5) is 5.69 Å². The summed E-state index contributed by atoms with van der Waals surface area (Å²) in [5, 5.41) is 11.9. The van der Waals surface area contributed by atoms with Gasteiger partial charge in [-0.1, -0.05) is 12.1 Å². The Kier molecular flexibility index (Phi) is 5.24. The Balaban J connectivity index is 1.47. The number of pyridine rings is 1. The number of nitrogens with one attached hydrogen (secondary N) is 1. The van der Waals surface area contributed by atoms with E-state index in [0.29, 0.717) is 0 Å². The number of rotatable bonds is 7. The Morgan fingerprint density at radius 2 is 1.93 bits per heavy atom. The van der Waals surface area contributed by atoms with Crippen molar-refractivity contribution in [2.45, 2.75) is 19.4 Å². The van der Waals surface area contributed by atoms with Crippen molar-refractivity contribution in [1.29, 1.82) is 0 Å². The predicted octanol–water partition coefficient (Wildman–Crippen LogP) is 4.21. The van der Waals surface area contributed by atoms with E-state index >= 15 is 0 Å². The van der Waals surface area contributed by atoms with Crippen molar-refractivity contribution in [2.75, 3.05) is 7.11 Å². The average molecular weight is 388 g/mol. The molecule has 0 radical (unpaired) electrons. The summed E-state index contributed by atoms with van der Waals surface area (Å²) in [6.07, 6.45) is 7.90. The molecular weight excluding hydrogens is 366 g/mol. The molecule has 0 fully saturated rings. The fourth-order valence-corrected chi connectivity index (χ4v) is 3.51. The Labute approximate surface area is 168 Å². The van der Waals surface area contributed by atoms with Crippen LogP contribution in [0.15, 0.2) is 73.2 Å². The lowest BCUT2D eigenvalue weighted by Gasteiger charge is -2.03. The van der Waals surface area contributed by atoms with Crippen LogP contribution in [-0.2, 0) is 19.4 Å². The average Bonchev–Trinajstić information content (AvgIpc) is 3.14. The van der Waals surface area contributed by atoms with Gasteiger partial charge < -0.3 is 9.72 Å². The highest BCUT2D eigenvalue weighted by atomic mass is 16.6. The highest BCUT2D eigenvalue weighted by Gasteiger charge is 2.10. The number of nitro groups is 1. The Hall–Kier alpha value is -3.67. The van der Waals surface area contributed by atoms with Crippen LogP contribution in [0, 0.1) is 10.1 Å². The standard InChI is InChI=1S/C23H22N3O3/c1-29-21-8-9-23-22(14-21)19(15-24-23)13-18-3-2-11-25(16-18)12-10-17-4-6-20(7-5-17)26(27)28/h2-9,11,14-16,24H,10,12-13H2,1H3/q+1. The third-order valence-electron chi connectivity index (χ3n) is 5.09. The van der Waals surface area contributed by atoms with E-state index in [1.165, 1.54) is 16.5 Å². The first-order valence-electron chi connectivity index (χ1n) is 9.48. The van der Waals surface area contributed by atoms with Gasteiger partial charge in [-0.3, -0.25) is 10.1 Å². The molecule has 4 rings (SSSR count). The molecule has 1 N–H and O–H groups in total. The molecule has 0 aliphatic heterocycles. The largest absolute Gasteiger partial charge is 0.497 e. The number of hydrogen-bond donors (Lipinski definition) is 1. The lowest BCUT2D eigenvalue weighted by Crippen LogP contribution is -2.34. The van der Waals surface area contributed by atoms with Crippen LogP contribution >= 0.6 is 0 Å². The van der Waals surface area contributed by atoms with E-state index < -0.39 is 0 Å².